The number of methoxy groups -OCH3 is 2. The molecule has 1 aliphatic heterocycles. The van der Waals surface area contributed by atoms with Gasteiger partial charge in [-0.05, 0) is 81.9 Å². The number of aliphatic hydroxyl groups excluding tert-OH is 1. The third-order valence-electron chi connectivity index (χ3n) is 8.75. The maximum atomic E-state index is 13.5. The number of hydrogen-bond donors (Lipinski definition) is 4. The maximum absolute atomic E-state index is 13.5. The molecule has 1 aliphatic rings. The standard InChI is InChI=1S/C26H48N4O6.C5H6S.C4H10.C3H9NO.C2H6/c1-10-17(2)23(29(7)22(33)15-28-25(34)26(4,5)27-6)20(35-8)14-21(32)30-13-11-12-19(30)24(36-9)18(3)16-31;1-5-2-3-6-4-5;1-4(2)3;1-4-2-3-5;1-2/h16-20,23-24,27H,10-15H2,1-9H3,(H,28,34);2-4H,1H3;4H,1-3H3;4-5H,2-3H2,1H3;1-2H3. The summed E-state index contributed by atoms with van der Waals surface area (Å²) in [6, 6.07) is 1.57. The first-order valence-electron chi connectivity index (χ1n) is 19.2. The van der Waals surface area contributed by atoms with E-state index >= 15 is 0 Å². The van der Waals surface area contributed by atoms with Crippen LogP contribution in [0.5, 0.6) is 0 Å². The summed E-state index contributed by atoms with van der Waals surface area (Å²) in [7, 11) is 8.30. The molecule has 0 aromatic carbocycles. The lowest BCUT2D eigenvalue weighted by Gasteiger charge is -2.39. The van der Waals surface area contributed by atoms with E-state index in [1.807, 2.05) is 27.7 Å². The molecular weight excluding hydrogens is 695 g/mol. The number of hydrogen-bond acceptors (Lipinski definition) is 10. The van der Waals surface area contributed by atoms with Crippen molar-refractivity contribution in [3.63, 3.8) is 0 Å². The van der Waals surface area contributed by atoms with Crippen LogP contribution in [0, 0.1) is 24.7 Å². The Hall–Kier alpha value is -2.42. The molecule has 13 heteroatoms. The Morgan fingerprint density at radius 1 is 1.11 bits per heavy atom. The van der Waals surface area contributed by atoms with Gasteiger partial charge in [0.05, 0.1) is 49.4 Å². The minimum atomic E-state index is -0.801. The van der Waals surface area contributed by atoms with Crippen molar-refractivity contribution in [3.8, 4) is 0 Å². The zero-order valence-electron chi connectivity index (χ0n) is 36.2. The van der Waals surface area contributed by atoms with Gasteiger partial charge in [-0.3, -0.25) is 14.4 Å². The highest BCUT2D eigenvalue weighted by molar-refractivity contribution is 7.07. The fraction of sp³-hybridized carbons (Fsp3) is 0.800. The summed E-state index contributed by atoms with van der Waals surface area (Å²) in [6.07, 6.45) is 2.47. The summed E-state index contributed by atoms with van der Waals surface area (Å²) in [5.74, 6) is -0.0533. The smallest absolute Gasteiger partial charge is 0.242 e. The van der Waals surface area contributed by atoms with Crippen LogP contribution in [0.15, 0.2) is 16.8 Å². The van der Waals surface area contributed by atoms with Crippen LogP contribution in [0.4, 0.5) is 0 Å². The van der Waals surface area contributed by atoms with Gasteiger partial charge in [-0.25, -0.2) is 0 Å². The number of aldehydes is 1. The number of ether oxygens (including phenoxy) is 2. The van der Waals surface area contributed by atoms with Gasteiger partial charge >= 0.3 is 0 Å². The number of nitrogens with zero attached hydrogens (tertiary/aromatic N) is 2. The molecule has 0 spiro atoms. The minimum absolute atomic E-state index is 0.0531. The van der Waals surface area contributed by atoms with Crippen molar-refractivity contribution >= 4 is 35.3 Å². The Kier molecular flexibility index (Phi) is 33.0. The van der Waals surface area contributed by atoms with E-state index < -0.39 is 11.6 Å². The summed E-state index contributed by atoms with van der Waals surface area (Å²) in [6.45, 7) is 23.3. The molecule has 2 heterocycles. The molecule has 1 saturated heterocycles. The van der Waals surface area contributed by atoms with E-state index in [4.69, 9.17) is 14.6 Å². The van der Waals surface area contributed by atoms with Crippen LogP contribution >= 0.6 is 11.3 Å². The van der Waals surface area contributed by atoms with Crippen LogP contribution in [0.1, 0.15) is 100 Å². The van der Waals surface area contributed by atoms with Crippen LogP contribution < -0.4 is 16.0 Å². The Morgan fingerprint density at radius 3 is 2.06 bits per heavy atom. The largest absolute Gasteiger partial charge is 0.395 e. The van der Waals surface area contributed by atoms with Crippen molar-refractivity contribution in [2.45, 2.75) is 132 Å². The predicted molar refractivity (Wildman–Crippen MR) is 220 cm³/mol. The molecule has 2 rings (SSSR count). The molecule has 0 radical (unpaired) electrons. The van der Waals surface area contributed by atoms with Gasteiger partial charge in [0.25, 0.3) is 0 Å². The van der Waals surface area contributed by atoms with Crippen molar-refractivity contribution in [1.82, 2.24) is 25.8 Å². The highest BCUT2D eigenvalue weighted by Gasteiger charge is 2.40. The molecule has 0 saturated carbocycles. The normalized spacial score (nSPS) is 16.3. The third-order valence-corrected chi connectivity index (χ3v) is 9.55. The van der Waals surface area contributed by atoms with Crippen LogP contribution in [-0.4, -0.2) is 130 Å². The second-order valence-corrected chi connectivity index (χ2v) is 15.0. The molecule has 1 fully saturated rings. The minimum Gasteiger partial charge on any atom is -0.395 e. The Labute approximate surface area is 327 Å². The number of amides is 3. The van der Waals surface area contributed by atoms with Crippen molar-refractivity contribution in [2.75, 3.05) is 61.6 Å². The summed E-state index contributed by atoms with van der Waals surface area (Å²) in [5.41, 5.74) is 0.560. The van der Waals surface area contributed by atoms with Crippen LogP contribution in [0.3, 0.4) is 0 Å². The maximum Gasteiger partial charge on any atom is 0.242 e. The number of carbonyl (C=O) groups is 4. The highest BCUT2D eigenvalue weighted by atomic mass is 32.1. The fourth-order valence-electron chi connectivity index (χ4n) is 5.34. The first kappa shape index (κ1) is 54.9. The van der Waals surface area contributed by atoms with Crippen LogP contribution in [-0.2, 0) is 28.7 Å². The topological polar surface area (TPSA) is 150 Å². The van der Waals surface area contributed by atoms with Crippen molar-refractivity contribution in [2.24, 2.45) is 17.8 Å². The average Bonchev–Trinajstić information content (AvgIpc) is 3.83. The van der Waals surface area contributed by atoms with Gasteiger partial charge in [0, 0.05) is 40.3 Å². The number of thiophene rings is 1. The van der Waals surface area contributed by atoms with E-state index in [-0.39, 0.29) is 67.3 Å². The average molecular weight is 774 g/mol. The number of aliphatic hydroxyl groups is 1. The van der Waals surface area contributed by atoms with Crippen molar-refractivity contribution in [1.29, 1.82) is 0 Å². The van der Waals surface area contributed by atoms with Crippen LogP contribution in [0.25, 0.3) is 0 Å². The van der Waals surface area contributed by atoms with E-state index in [2.05, 4.69) is 60.5 Å². The first-order chi connectivity index (χ1) is 24.9. The molecular formula is C40H79N5O7S. The second kappa shape index (κ2) is 31.9. The molecule has 0 bridgehead atoms. The number of likely N-dealkylation sites (tertiary alicyclic amines) is 1. The van der Waals surface area contributed by atoms with Crippen LogP contribution in [0.2, 0.25) is 0 Å². The first-order valence-corrected chi connectivity index (χ1v) is 20.2. The van der Waals surface area contributed by atoms with Gasteiger partial charge in [-0.15, -0.1) is 0 Å². The molecule has 12 nitrogen and oxygen atoms in total. The number of rotatable bonds is 17. The number of nitrogens with one attached hydrogen (secondary N) is 3. The zero-order valence-corrected chi connectivity index (χ0v) is 37.0. The SMILES string of the molecule is CC.CC(C)C.CCC(C)C(C(CC(=O)N1CCCC1C(OC)C(C)C=O)OC)N(C)C(=O)CNC(=O)C(C)(C)NC.CNCCO.Cc1ccsc1. The van der Waals surface area contributed by atoms with Gasteiger partial charge in [0.2, 0.25) is 17.7 Å². The molecule has 6 atom stereocenters. The summed E-state index contributed by atoms with van der Waals surface area (Å²) in [5, 5.41) is 20.6. The highest BCUT2D eigenvalue weighted by Crippen LogP contribution is 2.28. The summed E-state index contributed by atoms with van der Waals surface area (Å²) >= 11 is 1.74. The molecule has 6 unspecified atom stereocenters. The molecule has 4 N–H and O–H groups in total. The second-order valence-electron chi connectivity index (χ2n) is 14.3. The Balaban J connectivity index is -0.00000120. The van der Waals surface area contributed by atoms with E-state index in [1.54, 1.807) is 77.3 Å². The summed E-state index contributed by atoms with van der Waals surface area (Å²) < 4.78 is 11.4. The lowest BCUT2D eigenvalue weighted by Crippen LogP contribution is -2.56. The Morgan fingerprint density at radius 2 is 1.70 bits per heavy atom. The number of likely N-dealkylation sites (N-methyl/N-ethyl adjacent to an activating group) is 3. The Bertz CT molecular complexity index is 1070. The number of aryl methyl sites for hydroxylation is 1. The van der Waals surface area contributed by atoms with Crippen molar-refractivity contribution in [3.05, 3.63) is 22.4 Å². The molecule has 312 valence electrons. The predicted octanol–water partition coefficient (Wildman–Crippen LogP) is 5.16. The van der Waals surface area contributed by atoms with Gasteiger partial charge in [-0.2, -0.15) is 11.3 Å². The van der Waals surface area contributed by atoms with Gasteiger partial charge < -0.3 is 45.1 Å². The molecule has 1 aromatic heterocycles. The molecule has 53 heavy (non-hydrogen) atoms. The van der Waals surface area contributed by atoms with E-state index in [1.165, 1.54) is 5.56 Å². The van der Waals surface area contributed by atoms with Gasteiger partial charge in [0.1, 0.15) is 6.29 Å². The fourth-order valence-corrected chi connectivity index (χ4v) is 6.01. The quantitative estimate of drug-likeness (QED) is 0.158. The third kappa shape index (κ3) is 22.5. The van der Waals surface area contributed by atoms with E-state index in [0.29, 0.717) is 13.1 Å². The molecule has 0 aliphatic carbocycles. The van der Waals surface area contributed by atoms with Gasteiger partial charge in [0.15, 0.2) is 0 Å². The zero-order chi connectivity index (χ0) is 41.7. The summed E-state index contributed by atoms with van der Waals surface area (Å²) in [4.78, 5) is 53.7. The van der Waals surface area contributed by atoms with Gasteiger partial charge in [-0.1, -0.05) is 61.8 Å². The molecule has 1 aromatic rings. The molecule has 3 amide bonds. The number of carbonyl (C=O) groups excluding carboxylic acids is 4. The van der Waals surface area contributed by atoms with E-state index in [0.717, 1.165) is 31.5 Å². The lowest BCUT2D eigenvalue weighted by atomic mass is 9.90. The lowest BCUT2D eigenvalue weighted by molar-refractivity contribution is -0.145. The monoisotopic (exact) mass is 774 g/mol. The van der Waals surface area contributed by atoms with Crippen molar-refractivity contribution < 1.29 is 33.8 Å². The van der Waals surface area contributed by atoms with E-state index in [9.17, 15) is 19.2 Å².